The molecule has 0 amide bonds. The highest BCUT2D eigenvalue weighted by molar-refractivity contribution is 6.01. The molecule has 0 aromatic heterocycles. The largest absolute Gasteiger partial charge is 0.490 e. The van der Waals surface area contributed by atoms with E-state index in [1.165, 1.54) is 0 Å². The van der Waals surface area contributed by atoms with Crippen LogP contribution in [0.5, 0.6) is 5.75 Å². The Hall–Kier alpha value is -1.39. The Labute approximate surface area is 114 Å². The second-order valence-electron chi connectivity index (χ2n) is 4.21. The van der Waals surface area contributed by atoms with Gasteiger partial charge in [0.15, 0.2) is 5.78 Å². The molecule has 0 aliphatic heterocycles. The summed E-state index contributed by atoms with van der Waals surface area (Å²) in [7, 11) is 3.18. The Morgan fingerprint density at radius 1 is 1.21 bits per heavy atom. The molecule has 1 unspecified atom stereocenters. The van der Waals surface area contributed by atoms with E-state index in [0.29, 0.717) is 30.9 Å². The molecule has 1 rings (SSSR count). The molecule has 1 aromatic rings. The van der Waals surface area contributed by atoms with Crippen LogP contribution in [0.1, 0.15) is 30.1 Å². The average molecular weight is 266 g/mol. The van der Waals surface area contributed by atoms with Crippen molar-refractivity contribution >= 4 is 5.78 Å². The van der Waals surface area contributed by atoms with Gasteiger partial charge in [-0.05, 0) is 18.6 Å². The average Bonchev–Trinajstić information content (AvgIpc) is 2.45. The lowest BCUT2D eigenvalue weighted by Gasteiger charge is -2.16. The van der Waals surface area contributed by atoms with Crippen LogP contribution in [0, 0.1) is 0 Å². The van der Waals surface area contributed by atoms with Gasteiger partial charge in [-0.25, -0.2) is 0 Å². The summed E-state index contributed by atoms with van der Waals surface area (Å²) in [6.07, 6.45) is 1.20. The van der Waals surface area contributed by atoms with Crippen LogP contribution in [0.25, 0.3) is 0 Å². The summed E-state index contributed by atoms with van der Waals surface area (Å²) in [4.78, 5) is 12.4. The number of Topliss-reactive ketones (excluding diaryl/α,β-unsaturated/α-hetero) is 1. The van der Waals surface area contributed by atoms with Crippen LogP contribution in [0.4, 0.5) is 0 Å². The third kappa shape index (κ3) is 4.65. The Balaban J connectivity index is 2.82. The van der Waals surface area contributed by atoms with E-state index in [1.807, 2.05) is 19.1 Å². The van der Waals surface area contributed by atoms with Gasteiger partial charge in [-0.1, -0.05) is 25.5 Å². The fourth-order valence-electron chi connectivity index (χ4n) is 1.82. The molecule has 1 aromatic carbocycles. The van der Waals surface area contributed by atoms with Crippen molar-refractivity contribution in [1.29, 1.82) is 0 Å². The summed E-state index contributed by atoms with van der Waals surface area (Å²) in [6.45, 7) is 2.94. The highest BCUT2D eigenvalue weighted by atomic mass is 16.5. The molecular weight excluding hydrogens is 244 g/mol. The van der Waals surface area contributed by atoms with E-state index in [4.69, 9.17) is 14.2 Å². The molecule has 0 saturated heterocycles. The lowest BCUT2D eigenvalue weighted by molar-refractivity contribution is 0.0573. The Kier molecular flexibility index (Phi) is 7.15. The molecule has 19 heavy (non-hydrogen) atoms. The first-order valence-electron chi connectivity index (χ1n) is 6.52. The summed E-state index contributed by atoms with van der Waals surface area (Å²) in [5.74, 6) is 0.556. The SMILES string of the molecule is CCCC(OC)C(=O)c1ccccc1OCCOC. The van der Waals surface area contributed by atoms with Crippen LogP contribution in [0.3, 0.4) is 0 Å². The first kappa shape index (κ1) is 15.7. The lowest BCUT2D eigenvalue weighted by atomic mass is 10.0. The summed E-state index contributed by atoms with van der Waals surface area (Å²) >= 11 is 0. The molecule has 0 spiro atoms. The van der Waals surface area contributed by atoms with Crippen molar-refractivity contribution in [2.24, 2.45) is 0 Å². The van der Waals surface area contributed by atoms with E-state index in [-0.39, 0.29) is 5.78 Å². The van der Waals surface area contributed by atoms with Gasteiger partial charge in [-0.3, -0.25) is 4.79 Å². The zero-order chi connectivity index (χ0) is 14.1. The molecule has 0 aliphatic carbocycles. The smallest absolute Gasteiger partial charge is 0.195 e. The fourth-order valence-corrected chi connectivity index (χ4v) is 1.82. The molecule has 0 N–H and O–H groups in total. The molecule has 0 aliphatic rings. The molecule has 1 atom stereocenters. The van der Waals surface area contributed by atoms with Gasteiger partial charge in [0.1, 0.15) is 18.5 Å². The highest BCUT2D eigenvalue weighted by Gasteiger charge is 2.21. The molecular formula is C15H22O4. The molecule has 0 radical (unpaired) electrons. The number of ketones is 1. The number of hydrogen-bond donors (Lipinski definition) is 0. The van der Waals surface area contributed by atoms with Crippen LogP contribution in [0.15, 0.2) is 24.3 Å². The normalized spacial score (nSPS) is 12.2. The van der Waals surface area contributed by atoms with Gasteiger partial charge in [0.2, 0.25) is 0 Å². The molecule has 0 bridgehead atoms. The maximum atomic E-state index is 12.4. The minimum Gasteiger partial charge on any atom is -0.490 e. The second kappa shape index (κ2) is 8.67. The maximum absolute atomic E-state index is 12.4. The Bertz CT molecular complexity index is 389. The van der Waals surface area contributed by atoms with E-state index in [1.54, 1.807) is 26.4 Å². The number of rotatable bonds is 9. The predicted molar refractivity (Wildman–Crippen MR) is 73.8 cm³/mol. The quantitative estimate of drug-likeness (QED) is 0.509. The molecule has 0 heterocycles. The standard InChI is InChI=1S/C15H22O4/c1-4-7-14(18-3)15(16)12-8-5-6-9-13(12)19-11-10-17-2/h5-6,8-9,14H,4,7,10-11H2,1-3H3. The van der Waals surface area contributed by atoms with Crippen molar-refractivity contribution in [1.82, 2.24) is 0 Å². The van der Waals surface area contributed by atoms with Gasteiger partial charge in [0, 0.05) is 14.2 Å². The molecule has 4 nitrogen and oxygen atoms in total. The number of methoxy groups -OCH3 is 2. The number of benzene rings is 1. The van der Waals surface area contributed by atoms with Crippen molar-refractivity contribution in [2.45, 2.75) is 25.9 Å². The van der Waals surface area contributed by atoms with Crippen LogP contribution >= 0.6 is 0 Å². The zero-order valence-corrected chi connectivity index (χ0v) is 11.8. The van der Waals surface area contributed by atoms with Crippen molar-refractivity contribution in [2.75, 3.05) is 27.4 Å². The third-order valence-corrected chi connectivity index (χ3v) is 2.83. The van der Waals surface area contributed by atoms with Crippen molar-refractivity contribution in [3.63, 3.8) is 0 Å². The van der Waals surface area contributed by atoms with Crippen molar-refractivity contribution in [3.8, 4) is 5.75 Å². The summed E-state index contributed by atoms with van der Waals surface area (Å²) < 4.78 is 15.8. The van der Waals surface area contributed by atoms with Crippen molar-refractivity contribution in [3.05, 3.63) is 29.8 Å². The lowest BCUT2D eigenvalue weighted by Crippen LogP contribution is -2.23. The Morgan fingerprint density at radius 2 is 1.95 bits per heavy atom. The number of ether oxygens (including phenoxy) is 3. The van der Waals surface area contributed by atoms with Crippen LogP contribution in [0.2, 0.25) is 0 Å². The van der Waals surface area contributed by atoms with Crippen molar-refractivity contribution < 1.29 is 19.0 Å². The van der Waals surface area contributed by atoms with Gasteiger partial charge in [0.05, 0.1) is 12.2 Å². The number of para-hydroxylation sites is 1. The second-order valence-corrected chi connectivity index (χ2v) is 4.21. The molecule has 0 fully saturated rings. The highest BCUT2D eigenvalue weighted by Crippen LogP contribution is 2.21. The molecule has 0 saturated carbocycles. The predicted octanol–water partition coefficient (Wildman–Crippen LogP) is 2.71. The van der Waals surface area contributed by atoms with Gasteiger partial charge in [-0.2, -0.15) is 0 Å². The van der Waals surface area contributed by atoms with Gasteiger partial charge in [-0.15, -0.1) is 0 Å². The first-order valence-corrected chi connectivity index (χ1v) is 6.52. The maximum Gasteiger partial charge on any atom is 0.195 e. The number of carbonyl (C=O) groups is 1. The van der Waals surface area contributed by atoms with E-state index >= 15 is 0 Å². The molecule has 106 valence electrons. The zero-order valence-electron chi connectivity index (χ0n) is 11.8. The van der Waals surface area contributed by atoms with E-state index in [2.05, 4.69) is 0 Å². The van der Waals surface area contributed by atoms with Crippen LogP contribution in [-0.2, 0) is 9.47 Å². The summed E-state index contributed by atoms with van der Waals surface area (Å²) in [5, 5.41) is 0. The summed E-state index contributed by atoms with van der Waals surface area (Å²) in [6, 6.07) is 7.24. The van der Waals surface area contributed by atoms with E-state index < -0.39 is 6.10 Å². The minimum atomic E-state index is -0.405. The van der Waals surface area contributed by atoms with Gasteiger partial charge >= 0.3 is 0 Å². The van der Waals surface area contributed by atoms with Gasteiger partial charge < -0.3 is 14.2 Å². The van der Waals surface area contributed by atoms with Crippen LogP contribution in [-0.4, -0.2) is 39.3 Å². The van der Waals surface area contributed by atoms with E-state index in [9.17, 15) is 4.79 Å². The minimum absolute atomic E-state index is 0.0302. The first-order chi connectivity index (χ1) is 9.24. The number of carbonyl (C=O) groups excluding carboxylic acids is 1. The third-order valence-electron chi connectivity index (χ3n) is 2.83. The monoisotopic (exact) mass is 266 g/mol. The number of hydrogen-bond acceptors (Lipinski definition) is 4. The molecule has 4 heteroatoms. The van der Waals surface area contributed by atoms with Gasteiger partial charge in [0.25, 0.3) is 0 Å². The topological polar surface area (TPSA) is 44.8 Å². The fraction of sp³-hybridized carbons (Fsp3) is 0.533. The van der Waals surface area contributed by atoms with Crippen LogP contribution < -0.4 is 4.74 Å². The van der Waals surface area contributed by atoms with E-state index in [0.717, 1.165) is 6.42 Å². The Morgan fingerprint density at radius 3 is 2.58 bits per heavy atom. The summed E-state index contributed by atoms with van der Waals surface area (Å²) in [5.41, 5.74) is 0.568.